The van der Waals surface area contributed by atoms with Gasteiger partial charge < -0.3 is 56.1 Å². The van der Waals surface area contributed by atoms with Gasteiger partial charge in [-0.2, -0.15) is 0 Å². The molecule has 0 saturated carbocycles. The minimum absolute atomic E-state index is 0.735. The van der Waals surface area contributed by atoms with Crippen molar-refractivity contribution in [3.63, 3.8) is 0 Å². The molecule has 136 valence electrons. The van der Waals surface area contributed by atoms with Crippen LogP contribution in [0, 0.1) is 0 Å². The van der Waals surface area contributed by atoms with Crippen LogP contribution in [0.3, 0.4) is 0 Å². The van der Waals surface area contributed by atoms with Gasteiger partial charge in [-0.15, -0.1) is 0 Å². The number of rotatable bonds is 3. The first-order valence-corrected chi connectivity index (χ1v) is 7.12. The molecule has 11 heteroatoms. The first-order valence-electron chi connectivity index (χ1n) is 7.12. The molecule has 0 amide bonds. The van der Waals surface area contributed by atoms with E-state index in [0.29, 0.717) is 0 Å². The molecule has 0 bridgehead atoms. The van der Waals surface area contributed by atoms with Crippen molar-refractivity contribution >= 4 is 0 Å². The minimum Gasteiger partial charge on any atom is -0.394 e. The van der Waals surface area contributed by atoms with E-state index in [1.807, 2.05) is 0 Å². The van der Waals surface area contributed by atoms with E-state index in [1.165, 1.54) is 0 Å². The zero-order valence-electron chi connectivity index (χ0n) is 12.1. The van der Waals surface area contributed by atoms with Crippen molar-refractivity contribution < 1.29 is 50.3 Å². The van der Waals surface area contributed by atoms with Crippen molar-refractivity contribution in [2.75, 3.05) is 13.2 Å². The summed E-state index contributed by atoms with van der Waals surface area (Å²) in [5.41, 5.74) is 5.66. The van der Waals surface area contributed by atoms with E-state index in [2.05, 4.69) is 0 Å². The molecule has 2 saturated heterocycles. The molecule has 0 aromatic carbocycles. The maximum Gasteiger partial charge on any atom is 0.213 e. The fraction of sp³-hybridized carbons (Fsp3) is 1.00. The van der Waals surface area contributed by atoms with Crippen molar-refractivity contribution in [1.82, 2.24) is 0 Å². The summed E-state index contributed by atoms with van der Waals surface area (Å²) in [6, 6.07) is -1.67. The third kappa shape index (κ3) is 2.99. The number of hydrogen-bond donors (Lipinski definition) is 9. The summed E-state index contributed by atoms with van der Waals surface area (Å²) in [6.07, 6.45) is -13.1. The molecule has 0 radical (unpaired) electrons. The summed E-state index contributed by atoms with van der Waals surface area (Å²) >= 11 is 0. The molecule has 2 aliphatic rings. The van der Waals surface area contributed by atoms with Crippen molar-refractivity contribution in [3.05, 3.63) is 0 Å². The molecule has 10 N–H and O–H groups in total. The molecular formula is C12H23NO10. The lowest BCUT2D eigenvalue weighted by Gasteiger charge is -2.53. The average molecular weight is 341 g/mol. The molecule has 0 aromatic rings. The second-order valence-corrected chi connectivity index (χ2v) is 5.85. The second-order valence-electron chi connectivity index (χ2n) is 5.85. The third-order valence-electron chi connectivity index (χ3n) is 4.40. The van der Waals surface area contributed by atoms with E-state index >= 15 is 0 Å². The lowest BCUT2D eigenvalue weighted by Crippen LogP contribution is -2.77. The smallest absolute Gasteiger partial charge is 0.213 e. The quantitative estimate of drug-likeness (QED) is 0.236. The zero-order chi connectivity index (χ0) is 17.5. The topological polar surface area (TPSA) is 206 Å². The Morgan fingerprint density at radius 2 is 1.30 bits per heavy atom. The van der Waals surface area contributed by atoms with Crippen LogP contribution >= 0.6 is 0 Å². The molecule has 2 rings (SSSR count). The molecule has 2 fully saturated rings. The van der Waals surface area contributed by atoms with Gasteiger partial charge in [0.2, 0.25) is 5.79 Å². The molecule has 1 unspecified atom stereocenters. The van der Waals surface area contributed by atoms with Crippen LogP contribution in [-0.2, 0) is 9.47 Å². The Balaban J connectivity index is 2.33. The predicted octanol–water partition coefficient (Wildman–Crippen LogP) is -6.04. The highest BCUT2D eigenvalue weighted by molar-refractivity contribution is 5.07. The molecule has 0 aromatic heterocycles. The maximum absolute atomic E-state index is 10.7. The standard InChI is InChI=1S/C12H23NO10/c13-10-8(19)6(17)4(2-15)23-12(10,21)11-9(20)7(18)5(16)3(1-14)22-11/h3-11,14-21H,1-2,13H2/t3-,4-,5+,6-,7+,8+,9-,10-,11+,12?/m1/s1. The highest BCUT2D eigenvalue weighted by Gasteiger charge is 2.61. The summed E-state index contributed by atoms with van der Waals surface area (Å²) in [5.74, 6) is -2.60. The lowest BCUT2D eigenvalue weighted by molar-refractivity contribution is -0.382. The van der Waals surface area contributed by atoms with Gasteiger partial charge in [-0.1, -0.05) is 0 Å². The Kier molecular flexibility index (Phi) is 5.60. The van der Waals surface area contributed by atoms with E-state index in [-0.39, 0.29) is 0 Å². The lowest BCUT2D eigenvalue weighted by atomic mass is 9.82. The van der Waals surface area contributed by atoms with Crippen LogP contribution in [0.25, 0.3) is 0 Å². The van der Waals surface area contributed by atoms with Crippen LogP contribution < -0.4 is 5.73 Å². The summed E-state index contributed by atoms with van der Waals surface area (Å²) in [7, 11) is 0. The predicted molar refractivity (Wildman–Crippen MR) is 70.7 cm³/mol. The Morgan fingerprint density at radius 3 is 1.83 bits per heavy atom. The summed E-state index contributed by atoms with van der Waals surface area (Å²) in [6.45, 7) is -1.51. The number of ether oxygens (including phenoxy) is 2. The van der Waals surface area contributed by atoms with Crippen LogP contribution in [0.4, 0.5) is 0 Å². The maximum atomic E-state index is 10.7. The summed E-state index contributed by atoms with van der Waals surface area (Å²) in [5, 5.41) is 78.2. The van der Waals surface area contributed by atoms with E-state index < -0.39 is 73.9 Å². The number of aliphatic hydroxyl groups excluding tert-OH is 7. The number of hydrogen-bond acceptors (Lipinski definition) is 11. The van der Waals surface area contributed by atoms with Crippen LogP contribution in [0.5, 0.6) is 0 Å². The van der Waals surface area contributed by atoms with E-state index in [1.54, 1.807) is 0 Å². The van der Waals surface area contributed by atoms with Crippen molar-refractivity contribution in [1.29, 1.82) is 0 Å². The van der Waals surface area contributed by atoms with Gasteiger partial charge >= 0.3 is 0 Å². The first kappa shape index (κ1) is 18.9. The largest absolute Gasteiger partial charge is 0.394 e. The first-order chi connectivity index (χ1) is 10.7. The van der Waals surface area contributed by atoms with Crippen LogP contribution in [-0.4, -0.2) is 115 Å². The Morgan fingerprint density at radius 1 is 0.783 bits per heavy atom. The Hall–Kier alpha value is -0.440. The SMILES string of the molecule is N[C@@H]1[C@@H](O)[C@H](O)[C@@H](CO)OC1(O)[C@H]1O[C@H](CO)[C@H](O)[C@H](O)[C@H]1O. The van der Waals surface area contributed by atoms with Gasteiger partial charge in [0, 0.05) is 0 Å². The average Bonchev–Trinajstić information content (AvgIpc) is 2.54. The monoisotopic (exact) mass is 341 g/mol. The summed E-state index contributed by atoms with van der Waals surface area (Å²) in [4.78, 5) is 0. The molecular weight excluding hydrogens is 318 g/mol. The van der Waals surface area contributed by atoms with E-state index in [0.717, 1.165) is 0 Å². The highest BCUT2D eigenvalue weighted by Crippen LogP contribution is 2.36. The van der Waals surface area contributed by atoms with Gasteiger partial charge in [0.05, 0.1) is 19.3 Å². The van der Waals surface area contributed by atoms with Gasteiger partial charge in [0.25, 0.3) is 0 Å². The van der Waals surface area contributed by atoms with Crippen LogP contribution in [0.2, 0.25) is 0 Å². The van der Waals surface area contributed by atoms with Crippen LogP contribution in [0.15, 0.2) is 0 Å². The highest BCUT2D eigenvalue weighted by atomic mass is 16.7. The van der Waals surface area contributed by atoms with Crippen molar-refractivity contribution in [2.24, 2.45) is 5.73 Å². The van der Waals surface area contributed by atoms with Crippen LogP contribution in [0.1, 0.15) is 0 Å². The Bertz CT molecular complexity index is 409. The fourth-order valence-electron chi connectivity index (χ4n) is 2.91. The van der Waals surface area contributed by atoms with Gasteiger partial charge in [-0.3, -0.25) is 0 Å². The molecule has 0 aliphatic carbocycles. The van der Waals surface area contributed by atoms with Gasteiger partial charge in [-0.05, 0) is 0 Å². The van der Waals surface area contributed by atoms with Crippen molar-refractivity contribution in [2.45, 2.75) is 60.7 Å². The second kappa shape index (κ2) is 6.82. The molecule has 11 nitrogen and oxygen atoms in total. The molecule has 10 atom stereocenters. The normalized spacial score (nSPS) is 54.9. The number of nitrogens with two attached hydrogens (primary N) is 1. The van der Waals surface area contributed by atoms with Gasteiger partial charge in [0.15, 0.2) is 0 Å². The van der Waals surface area contributed by atoms with Gasteiger partial charge in [0.1, 0.15) is 48.8 Å². The third-order valence-corrected chi connectivity index (χ3v) is 4.40. The molecule has 0 spiro atoms. The molecule has 2 aliphatic heterocycles. The Labute approximate surface area is 131 Å². The number of aliphatic hydroxyl groups is 8. The zero-order valence-corrected chi connectivity index (χ0v) is 12.1. The summed E-state index contributed by atoms with van der Waals surface area (Å²) < 4.78 is 10.3. The van der Waals surface area contributed by atoms with E-state index in [4.69, 9.17) is 20.3 Å². The van der Waals surface area contributed by atoms with Crippen molar-refractivity contribution in [3.8, 4) is 0 Å². The fourth-order valence-corrected chi connectivity index (χ4v) is 2.91. The van der Waals surface area contributed by atoms with Gasteiger partial charge in [-0.25, -0.2) is 0 Å². The minimum atomic E-state index is -2.60. The van der Waals surface area contributed by atoms with E-state index in [9.17, 15) is 35.7 Å². The molecule has 2 heterocycles. The molecule has 23 heavy (non-hydrogen) atoms.